The highest BCUT2D eigenvalue weighted by Gasteiger charge is 2.42. The summed E-state index contributed by atoms with van der Waals surface area (Å²) in [4.78, 5) is 13.0. The van der Waals surface area contributed by atoms with Crippen LogP contribution in [0.5, 0.6) is 5.75 Å². The number of rotatable bonds is 8. The van der Waals surface area contributed by atoms with Gasteiger partial charge >= 0.3 is 0 Å². The zero-order valence-electron chi connectivity index (χ0n) is 16.2. The second-order valence-corrected chi connectivity index (χ2v) is 7.33. The number of benzene rings is 1. The van der Waals surface area contributed by atoms with E-state index >= 15 is 0 Å². The molecule has 2 unspecified atom stereocenters. The van der Waals surface area contributed by atoms with Crippen molar-refractivity contribution in [1.29, 1.82) is 0 Å². The number of nitrogens with one attached hydrogen (secondary N) is 1. The molecule has 1 aromatic carbocycles. The van der Waals surface area contributed by atoms with Crippen molar-refractivity contribution < 1.29 is 14.3 Å². The summed E-state index contributed by atoms with van der Waals surface area (Å²) in [5.41, 5.74) is 1.16. The van der Waals surface area contributed by atoms with Gasteiger partial charge in [-0.05, 0) is 68.7 Å². The number of amides is 1. The SMILES string of the molecule is CCCOc1ccc(NC(=O)C2(OCCC)CCCC(C)C2)cc1C. The van der Waals surface area contributed by atoms with Crippen LogP contribution < -0.4 is 10.1 Å². The van der Waals surface area contributed by atoms with Crippen LogP contribution in [0.2, 0.25) is 0 Å². The van der Waals surface area contributed by atoms with Gasteiger partial charge in [-0.1, -0.05) is 27.2 Å². The summed E-state index contributed by atoms with van der Waals surface area (Å²) in [5.74, 6) is 1.39. The Bertz CT molecular complexity index is 572. The van der Waals surface area contributed by atoms with E-state index in [1.807, 2.05) is 25.1 Å². The number of carbonyl (C=O) groups excluding carboxylic acids is 1. The summed E-state index contributed by atoms with van der Waals surface area (Å²) in [7, 11) is 0. The van der Waals surface area contributed by atoms with Gasteiger partial charge in [0.25, 0.3) is 5.91 Å². The minimum atomic E-state index is -0.682. The smallest absolute Gasteiger partial charge is 0.256 e. The van der Waals surface area contributed by atoms with E-state index in [0.717, 1.165) is 49.1 Å². The van der Waals surface area contributed by atoms with Crippen molar-refractivity contribution in [2.75, 3.05) is 18.5 Å². The number of hydrogen-bond donors (Lipinski definition) is 1. The molecule has 0 aromatic heterocycles. The van der Waals surface area contributed by atoms with Crippen LogP contribution >= 0.6 is 0 Å². The monoisotopic (exact) mass is 347 g/mol. The summed E-state index contributed by atoms with van der Waals surface area (Å²) in [6.45, 7) is 9.72. The van der Waals surface area contributed by atoms with E-state index in [1.165, 1.54) is 6.42 Å². The zero-order valence-corrected chi connectivity index (χ0v) is 16.2. The zero-order chi connectivity index (χ0) is 18.3. The molecule has 1 N–H and O–H groups in total. The first-order valence-electron chi connectivity index (χ1n) is 9.69. The van der Waals surface area contributed by atoms with Crippen molar-refractivity contribution >= 4 is 11.6 Å². The van der Waals surface area contributed by atoms with Gasteiger partial charge < -0.3 is 14.8 Å². The maximum Gasteiger partial charge on any atom is 0.256 e. The molecular weight excluding hydrogens is 314 g/mol. The molecule has 2 atom stereocenters. The minimum Gasteiger partial charge on any atom is -0.493 e. The molecule has 0 radical (unpaired) electrons. The maximum atomic E-state index is 13.0. The maximum absolute atomic E-state index is 13.0. The van der Waals surface area contributed by atoms with Gasteiger partial charge in [0.05, 0.1) is 6.61 Å². The average molecular weight is 347 g/mol. The Morgan fingerprint density at radius 1 is 1.28 bits per heavy atom. The third-order valence-electron chi connectivity index (χ3n) is 4.85. The van der Waals surface area contributed by atoms with Crippen LogP contribution in [0.3, 0.4) is 0 Å². The fourth-order valence-electron chi connectivity index (χ4n) is 3.55. The predicted octanol–water partition coefficient (Wildman–Crippen LogP) is 5.10. The topological polar surface area (TPSA) is 47.6 Å². The lowest BCUT2D eigenvalue weighted by Crippen LogP contribution is -2.48. The molecule has 4 nitrogen and oxygen atoms in total. The van der Waals surface area contributed by atoms with E-state index in [9.17, 15) is 4.79 Å². The molecular formula is C21H33NO3. The standard InChI is InChI=1S/C21H33NO3/c1-5-12-24-19-10-9-18(14-17(19)4)22-20(23)21(25-13-6-2)11-7-8-16(3)15-21/h9-10,14,16H,5-8,11-13,15H2,1-4H3,(H,22,23). The summed E-state index contributed by atoms with van der Waals surface area (Å²) >= 11 is 0. The van der Waals surface area contributed by atoms with Crippen LogP contribution in [0.15, 0.2) is 18.2 Å². The molecule has 1 saturated carbocycles. The molecule has 1 aliphatic carbocycles. The number of hydrogen-bond acceptors (Lipinski definition) is 3. The molecule has 0 bridgehead atoms. The van der Waals surface area contributed by atoms with E-state index in [-0.39, 0.29) is 5.91 Å². The number of carbonyl (C=O) groups is 1. The normalized spacial score (nSPS) is 23.3. The van der Waals surface area contributed by atoms with Crippen molar-refractivity contribution in [3.63, 3.8) is 0 Å². The van der Waals surface area contributed by atoms with Crippen molar-refractivity contribution in [3.05, 3.63) is 23.8 Å². The molecule has 2 rings (SSSR count). The van der Waals surface area contributed by atoms with Gasteiger partial charge in [-0.2, -0.15) is 0 Å². The van der Waals surface area contributed by atoms with Crippen LogP contribution in [0.1, 0.15) is 64.9 Å². The van der Waals surface area contributed by atoms with E-state index in [1.54, 1.807) is 0 Å². The Kier molecular flexibility index (Phi) is 7.30. The largest absolute Gasteiger partial charge is 0.493 e. The fourth-order valence-corrected chi connectivity index (χ4v) is 3.55. The first-order chi connectivity index (χ1) is 12.0. The highest BCUT2D eigenvalue weighted by atomic mass is 16.5. The molecule has 25 heavy (non-hydrogen) atoms. The van der Waals surface area contributed by atoms with Gasteiger partial charge in [0.1, 0.15) is 11.4 Å². The lowest BCUT2D eigenvalue weighted by atomic mass is 9.78. The van der Waals surface area contributed by atoms with E-state index < -0.39 is 5.60 Å². The molecule has 1 aromatic rings. The third kappa shape index (κ3) is 5.21. The van der Waals surface area contributed by atoms with Crippen LogP contribution in [0.25, 0.3) is 0 Å². The second-order valence-electron chi connectivity index (χ2n) is 7.33. The number of aryl methyl sites for hydroxylation is 1. The summed E-state index contributed by atoms with van der Waals surface area (Å²) in [6.07, 6.45) is 5.73. The Morgan fingerprint density at radius 3 is 2.68 bits per heavy atom. The molecule has 0 aliphatic heterocycles. The number of ether oxygens (including phenoxy) is 2. The van der Waals surface area contributed by atoms with Crippen molar-refractivity contribution in [2.45, 2.75) is 71.8 Å². The summed E-state index contributed by atoms with van der Waals surface area (Å²) in [5, 5.41) is 3.09. The molecule has 0 heterocycles. The van der Waals surface area contributed by atoms with Crippen molar-refractivity contribution in [2.24, 2.45) is 5.92 Å². The highest BCUT2D eigenvalue weighted by molar-refractivity contribution is 5.97. The van der Waals surface area contributed by atoms with Gasteiger partial charge in [-0.3, -0.25) is 4.79 Å². The van der Waals surface area contributed by atoms with Crippen molar-refractivity contribution in [1.82, 2.24) is 0 Å². The lowest BCUT2D eigenvalue weighted by molar-refractivity contribution is -0.148. The van der Waals surface area contributed by atoms with Crippen LogP contribution in [0, 0.1) is 12.8 Å². The molecule has 1 aliphatic rings. The number of anilines is 1. The van der Waals surface area contributed by atoms with Gasteiger partial charge in [0.2, 0.25) is 0 Å². The quantitative estimate of drug-likeness (QED) is 0.712. The first-order valence-corrected chi connectivity index (χ1v) is 9.69. The van der Waals surface area contributed by atoms with Gasteiger partial charge in [-0.25, -0.2) is 0 Å². The molecule has 1 amide bonds. The Morgan fingerprint density at radius 2 is 2.04 bits per heavy atom. The summed E-state index contributed by atoms with van der Waals surface area (Å²) < 4.78 is 11.8. The molecule has 140 valence electrons. The molecule has 0 saturated heterocycles. The average Bonchev–Trinajstić information content (AvgIpc) is 2.59. The Balaban J connectivity index is 2.10. The second kappa shape index (κ2) is 9.23. The Hall–Kier alpha value is -1.55. The molecule has 4 heteroatoms. The minimum absolute atomic E-state index is 0.00544. The molecule has 0 spiro atoms. The lowest BCUT2D eigenvalue weighted by Gasteiger charge is -2.38. The Labute approximate surface area is 152 Å². The summed E-state index contributed by atoms with van der Waals surface area (Å²) in [6, 6.07) is 5.82. The fraction of sp³-hybridized carbons (Fsp3) is 0.667. The predicted molar refractivity (Wildman–Crippen MR) is 102 cm³/mol. The van der Waals surface area contributed by atoms with Gasteiger partial charge in [-0.15, -0.1) is 0 Å². The van der Waals surface area contributed by atoms with Crippen molar-refractivity contribution in [3.8, 4) is 5.75 Å². The van der Waals surface area contributed by atoms with E-state index in [2.05, 4.69) is 26.1 Å². The van der Waals surface area contributed by atoms with Gasteiger partial charge in [0, 0.05) is 12.3 Å². The first kappa shape index (κ1) is 19.8. The van der Waals surface area contributed by atoms with Crippen LogP contribution in [-0.2, 0) is 9.53 Å². The van der Waals surface area contributed by atoms with Crippen LogP contribution in [-0.4, -0.2) is 24.7 Å². The van der Waals surface area contributed by atoms with E-state index in [0.29, 0.717) is 19.1 Å². The third-order valence-corrected chi connectivity index (χ3v) is 4.85. The van der Waals surface area contributed by atoms with E-state index in [4.69, 9.17) is 9.47 Å². The van der Waals surface area contributed by atoms with Gasteiger partial charge in [0.15, 0.2) is 0 Å². The molecule has 1 fully saturated rings. The highest BCUT2D eigenvalue weighted by Crippen LogP contribution is 2.36. The van der Waals surface area contributed by atoms with Crippen LogP contribution in [0.4, 0.5) is 5.69 Å².